The van der Waals surface area contributed by atoms with Crippen molar-refractivity contribution in [2.75, 3.05) is 0 Å². The molecule has 1 heterocycles. The summed E-state index contributed by atoms with van der Waals surface area (Å²) < 4.78 is 7.84. The maximum atomic E-state index is 13.1. The molecule has 8 nitrogen and oxygen atoms in total. The Hall–Kier alpha value is -3.56. The van der Waals surface area contributed by atoms with Crippen LogP contribution in [0.2, 0.25) is 5.02 Å². The van der Waals surface area contributed by atoms with Gasteiger partial charge in [-0.15, -0.1) is 0 Å². The van der Waals surface area contributed by atoms with Crippen LogP contribution >= 0.6 is 27.5 Å². The van der Waals surface area contributed by atoms with Gasteiger partial charge in [0.1, 0.15) is 18.2 Å². The van der Waals surface area contributed by atoms with Crippen molar-refractivity contribution in [1.29, 1.82) is 0 Å². The number of aromatic nitrogens is 2. The van der Waals surface area contributed by atoms with Crippen LogP contribution in [0.15, 0.2) is 75.0 Å². The van der Waals surface area contributed by atoms with Crippen LogP contribution in [-0.4, -0.2) is 20.8 Å². The largest absolute Gasteiger partial charge is 0.488 e. The lowest BCUT2D eigenvalue weighted by atomic mass is 10.2. The fourth-order valence-corrected chi connectivity index (χ4v) is 3.77. The lowest BCUT2D eigenvalue weighted by Gasteiger charge is -2.10. The first-order valence-electron chi connectivity index (χ1n) is 10.3. The second-order valence-electron chi connectivity index (χ2n) is 7.30. The summed E-state index contributed by atoms with van der Waals surface area (Å²) in [4.78, 5) is 28.5. The van der Waals surface area contributed by atoms with Gasteiger partial charge in [-0.2, -0.15) is 9.78 Å². The molecule has 0 unspecified atom stereocenters. The van der Waals surface area contributed by atoms with Gasteiger partial charge in [-0.3, -0.25) is 14.9 Å². The van der Waals surface area contributed by atoms with Gasteiger partial charge in [0, 0.05) is 33.6 Å². The van der Waals surface area contributed by atoms with E-state index in [9.17, 15) is 14.9 Å². The molecule has 3 aromatic carbocycles. The van der Waals surface area contributed by atoms with Gasteiger partial charge in [-0.25, -0.2) is 4.98 Å². The lowest BCUT2D eigenvalue weighted by molar-refractivity contribution is -0.384. The predicted molar refractivity (Wildman–Crippen MR) is 135 cm³/mol. The highest BCUT2D eigenvalue weighted by atomic mass is 79.9. The van der Waals surface area contributed by atoms with Crippen LogP contribution in [-0.2, 0) is 13.0 Å². The number of nitro groups is 1. The maximum absolute atomic E-state index is 13.1. The van der Waals surface area contributed by atoms with Crippen molar-refractivity contribution in [1.82, 2.24) is 9.66 Å². The van der Waals surface area contributed by atoms with E-state index in [2.05, 4.69) is 26.0 Å². The van der Waals surface area contributed by atoms with Gasteiger partial charge < -0.3 is 4.74 Å². The Morgan fingerprint density at radius 3 is 2.65 bits per heavy atom. The third kappa shape index (κ3) is 5.16. The average molecular weight is 542 g/mol. The lowest BCUT2D eigenvalue weighted by Crippen LogP contribution is -2.22. The van der Waals surface area contributed by atoms with Gasteiger partial charge in [0.25, 0.3) is 11.2 Å². The summed E-state index contributed by atoms with van der Waals surface area (Å²) in [7, 11) is 0. The van der Waals surface area contributed by atoms with Crippen LogP contribution in [0.3, 0.4) is 0 Å². The van der Waals surface area contributed by atoms with Crippen LogP contribution < -0.4 is 10.3 Å². The second kappa shape index (κ2) is 10.1. The molecule has 0 fully saturated rings. The SMILES string of the molecule is CCc1nc2ccc(Br)cc2c(=O)n1N=Cc1cc([N+](=O)[O-])ccc1OCc1ccc(Cl)cc1. The van der Waals surface area contributed by atoms with E-state index in [4.69, 9.17) is 16.3 Å². The fourth-order valence-electron chi connectivity index (χ4n) is 3.29. The van der Waals surface area contributed by atoms with E-state index in [-0.39, 0.29) is 17.9 Å². The highest BCUT2D eigenvalue weighted by Crippen LogP contribution is 2.24. The van der Waals surface area contributed by atoms with E-state index >= 15 is 0 Å². The van der Waals surface area contributed by atoms with E-state index < -0.39 is 4.92 Å². The van der Waals surface area contributed by atoms with Crippen LogP contribution in [0, 0.1) is 10.1 Å². The maximum Gasteiger partial charge on any atom is 0.282 e. The van der Waals surface area contributed by atoms with E-state index in [1.54, 1.807) is 24.3 Å². The zero-order valence-electron chi connectivity index (χ0n) is 17.9. The topological polar surface area (TPSA) is 99.6 Å². The van der Waals surface area contributed by atoms with Gasteiger partial charge >= 0.3 is 0 Å². The molecule has 0 aliphatic rings. The van der Waals surface area contributed by atoms with Crippen molar-refractivity contribution in [2.24, 2.45) is 5.10 Å². The van der Waals surface area contributed by atoms with Crippen molar-refractivity contribution >= 4 is 50.3 Å². The van der Waals surface area contributed by atoms with Crippen molar-refractivity contribution in [3.8, 4) is 5.75 Å². The van der Waals surface area contributed by atoms with Gasteiger partial charge in [-0.1, -0.05) is 46.6 Å². The van der Waals surface area contributed by atoms with Gasteiger partial charge in [0.2, 0.25) is 0 Å². The summed E-state index contributed by atoms with van der Waals surface area (Å²) in [5.41, 5.74) is 1.34. The Morgan fingerprint density at radius 2 is 1.94 bits per heavy atom. The Bertz CT molecular complexity index is 1470. The molecule has 0 radical (unpaired) electrons. The molecule has 0 bridgehead atoms. The van der Waals surface area contributed by atoms with E-state index in [1.807, 2.05) is 25.1 Å². The highest BCUT2D eigenvalue weighted by Gasteiger charge is 2.13. The van der Waals surface area contributed by atoms with Crippen molar-refractivity contribution in [2.45, 2.75) is 20.0 Å². The molecule has 0 aliphatic heterocycles. The fraction of sp³-hybridized carbons (Fsp3) is 0.125. The molecule has 34 heavy (non-hydrogen) atoms. The molecular formula is C24H18BrClN4O4. The summed E-state index contributed by atoms with van der Waals surface area (Å²) in [5.74, 6) is 0.844. The predicted octanol–water partition coefficient (Wildman–Crippen LogP) is 5.74. The van der Waals surface area contributed by atoms with Gasteiger partial charge in [0.05, 0.1) is 22.0 Å². The number of benzene rings is 3. The number of rotatable bonds is 7. The number of halogens is 2. The van der Waals surface area contributed by atoms with E-state index in [0.29, 0.717) is 39.5 Å². The number of ether oxygens (including phenoxy) is 1. The van der Waals surface area contributed by atoms with Crippen molar-refractivity contribution in [3.63, 3.8) is 0 Å². The molecule has 4 aromatic rings. The van der Waals surface area contributed by atoms with Crippen LogP contribution in [0.4, 0.5) is 5.69 Å². The summed E-state index contributed by atoms with van der Waals surface area (Å²) in [6.45, 7) is 2.09. The first kappa shape index (κ1) is 23.6. The smallest absolute Gasteiger partial charge is 0.282 e. The van der Waals surface area contributed by atoms with Crippen molar-refractivity contribution in [3.05, 3.63) is 108 Å². The van der Waals surface area contributed by atoms with Gasteiger partial charge in [0.15, 0.2) is 0 Å². The molecule has 0 spiro atoms. The molecule has 10 heteroatoms. The number of non-ortho nitro benzene ring substituents is 1. The van der Waals surface area contributed by atoms with E-state index in [0.717, 1.165) is 10.0 Å². The summed E-state index contributed by atoms with van der Waals surface area (Å²) in [6, 6.07) is 16.6. The van der Waals surface area contributed by atoms with Crippen LogP contribution in [0.1, 0.15) is 23.9 Å². The molecule has 172 valence electrons. The zero-order valence-corrected chi connectivity index (χ0v) is 20.3. The Labute approximate surface area is 207 Å². The van der Waals surface area contributed by atoms with Crippen molar-refractivity contribution < 1.29 is 9.66 Å². The average Bonchev–Trinajstić information content (AvgIpc) is 2.83. The molecule has 0 atom stereocenters. The Morgan fingerprint density at radius 1 is 1.18 bits per heavy atom. The third-order valence-electron chi connectivity index (χ3n) is 5.02. The van der Waals surface area contributed by atoms with E-state index in [1.165, 1.54) is 29.1 Å². The standard InChI is InChI=1S/C24H18BrClN4O4/c1-2-23-28-21-9-5-17(25)12-20(21)24(31)29(23)27-13-16-11-19(30(32)33)8-10-22(16)34-14-15-3-6-18(26)7-4-15/h3-13H,2,14H2,1H3. The minimum atomic E-state index is -0.501. The summed E-state index contributed by atoms with van der Waals surface area (Å²) in [6.07, 6.45) is 1.84. The minimum Gasteiger partial charge on any atom is -0.488 e. The number of fused-ring (bicyclic) bond motifs is 1. The third-order valence-corrected chi connectivity index (χ3v) is 5.76. The molecule has 0 amide bonds. The Balaban J connectivity index is 1.74. The Kier molecular flexibility index (Phi) is 7.04. The van der Waals surface area contributed by atoms with Crippen LogP contribution in [0.5, 0.6) is 5.75 Å². The number of nitrogens with zero attached hydrogens (tertiary/aromatic N) is 4. The number of nitro benzene ring substituents is 1. The van der Waals surface area contributed by atoms with Gasteiger partial charge in [-0.05, 0) is 42.0 Å². The molecule has 0 saturated carbocycles. The molecule has 0 N–H and O–H groups in total. The molecular weight excluding hydrogens is 524 g/mol. The monoisotopic (exact) mass is 540 g/mol. The minimum absolute atomic E-state index is 0.121. The first-order valence-corrected chi connectivity index (χ1v) is 11.4. The first-order chi connectivity index (χ1) is 16.4. The summed E-state index contributed by atoms with van der Waals surface area (Å²) in [5, 5.41) is 16.7. The molecule has 0 saturated heterocycles. The zero-order chi connectivity index (χ0) is 24.2. The number of hydrogen-bond acceptors (Lipinski definition) is 6. The number of aryl methyl sites for hydroxylation is 1. The number of hydrogen-bond donors (Lipinski definition) is 0. The molecule has 4 rings (SSSR count). The quantitative estimate of drug-likeness (QED) is 0.169. The van der Waals surface area contributed by atoms with Crippen LogP contribution in [0.25, 0.3) is 10.9 Å². The molecule has 1 aromatic heterocycles. The summed E-state index contributed by atoms with van der Waals surface area (Å²) >= 11 is 9.30. The highest BCUT2D eigenvalue weighted by molar-refractivity contribution is 9.10. The molecule has 0 aliphatic carbocycles. The second-order valence-corrected chi connectivity index (χ2v) is 8.65. The normalized spacial score (nSPS) is 11.3.